The van der Waals surface area contributed by atoms with Crippen LogP contribution in [0, 0.1) is 0 Å². The van der Waals surface area contributed by atoms with Crippen molar-refractivity contribution in [3.63, 3.8) is 0 Å². The minimum atomic E-state index is -3.69. The zero-order valence-corrected chi connectivity index (χ0v) is 13.0. The van der Waals surface area contributed by atoms with Crippen LogP contribution < -0.4 is 16.2 Å². The number of sulfonamides is 1. The quantitative estimate of drug-likeness (QED) is 0.739. The molecule has 0 aromatic heterocycles. The number of halogens is 1. The number of nitrogens with two attached hydrogens (primary N) is 2. The number of hydrogen-bond acceptors (Lipinski definition) is 4. The summed E-state index contributed by atoms with van der Waals surface area (Å²) < 4.78 is 22.2. The zero-order valence-electron chi connectivity index (χ0n) is 11.4. The third-order valence-corrected chi connectivity index (χ3v) is 3.52. The van der Waals surface area contributed by atoms with Gasteiger partial charge < -0.3 is 11.1 Å². The van der Waals surface area contributed by atoms with Crippen LogP contribution in [0.2, 0.25) is 0 Å². The van der Waals surface area contributed by atoms with E-state index in [0.717, 1.165) is 5.56 Å². The van der Waals surface area contributed by atoms with E-state index in [1.165, 1.54) is 12.1 Å². The summed E-state index contributed by atoms with van der Waals surface area (Å²) in [5.74, 6) is -0.141. The van der Waals surface area contributed by atoms with Crippen molar-refractivity contribution in [1.82, 2.24) is 5.32 Å². The Morgan fingerprint density at radius 2 is 1.75 bits per heavy atom. The van der Waals surface area contributed by atoms with Crippen LogP contribution in [-0.2, 0) is 14.8 Å². The van der Waals surface area contributed by atoms with Gasteiger partial charge in [0.1, 0.15) is 0 Å². The summed E-state index contributed by atoms with van der Waals surface area (Å²) in [6, 6.07) is 5.66. The molecule has 1 amide bonds. The topological polar surface area (TPSA) is 115 Å². The Labute approximate surface area is 125 Å². The number of carbonyl (C=O) groups excluding carboxylic acids is 1. The number of carbonyl (C=O) groups is 1. The Morgan fingerprint density at radius 1 is 1.25 bits per heavy atom. The Balaban J connectivity index is 0.00000361. The van der Waals surface area contributed by atoms with Gasteiger partial charge in [-0.2, -0.15) is 0 Å². The van der Waals surface area contributed by atoms with Gasteiger partial charge in [0.2, 0.25) is 15.9 Å². The summed E-state index contributed by atoms with van der Waals surface area (Å²) in [6.45, 7) is 3.57. The second-order valence-corrected chi connectivity index (χ2v) is 6.15. The van der Waals surface area contributed by atoms with Gasteiger partial charge >= 0.3 is 0 Å². The SMILES string of the molecule is CC(N)CC(=O)NC(C)c1ccc(S(N)(=O)=O)cc1.Cl. The largest absolute Gasteiger partial charge is 0.350 e. The molecule has 2 atom stereocenters. The van der Waals surface area contributed by atoms with Gasteiger partial charge in [0.25, 0.3) is 0 Å². The molecule has 2 unspecified atom stereocenters. The molecule has 1 rings (SSSR count). The molecule has 5 N–H and O–H groups in total. The van der Waals surface area contributed by atoms with Crippen molar-refractivity contribution in [2.45, 2.75) is 37.2 Å². The Morgan fingerprint density at radius 3 is 2.15 bits per heavy atom. The lowest BCUT2D eigenvalue weighted by Gasteiger charge is -2.15. The van der Waals surface area contributed by atoms with Crippen molar-refractivity contribution >= 4 is 28.3 Å². The number of benzene rings is 1. The maximum atomic E-state index is 11.6. The fourth-order valence-corrected chi connectivity index (χ4v) is 2.14. The van der Waals surface area contributed by atoms with Gasteiger partial charge in [-0.3, -0.25) is 4.79 Å². The molecule has 0 aliphatic carbocycles. The molecule has 6 nitrogen and oxygen atoms in total. The first-order valence-electron chi connectivity index (χ1n) is 5.88. The first kappa shape index (κ1) is 18.9. The molecular formula is C12H20ClN3O3S. The van der Waals surface area contributed by atoms with Gasteiger partial charge in [-0.15, -0.1) is 12.4 Å². The van der Waals surface area contributed by atoms with Gasteiger partial charge in [-0.05, 0) is 31.5 Å². The van der Waals surface area contributed by atoms with E-state index in [-0.39, 0.29) is 41.7 Å². The van der Waals surface area contributed by atoms with E-state index in [2.05, 4.69) is 5.32 Å². The Bertz CT molecular complexity index is 544. The van der Waals surface area contributed by atoms with Crippen LogP contribution in [-0.4, -0.2) is 20.4 Å². The first-order chi connectivity index (χ1) is 8.70. The van der Waals surface area contributed by atoms with Crippen LogP contribution in [0.25, 0.3) is 0 Å². The lowest BCUT2D eigenvalue weighted by atomic mass is 10.1. The van der Waals surface area contributed by atoms with E-state index in [9.17, 15) is 13.2 Å². The summed E-state index contributed by atoms with van der Waals surface area (Å²) >= 11 is 0. The molecule has 0 saturated carbocycles. The average Bonchev–Trinajstić information content (AvgIpc) is 2.26. The molecular weight excluding hydrogens is 302 g/mol. The highest BCUT2D eigenvalue weighted by atomic mass is 35.5. The van der Waals surface area contributed by atoms with Gasteiger partial charge in [-0.25, -0.2) is 13.6 Å². The standard InChI is InChI=1S/C12H19N3O3S.ClH/c1-8(13)7-12(16)15-9(2)10-3-5-11(6-4-10)19(14,17)18;/h3-6,8-9H,7,13H2,1-2H3,(H,15,16)(H2,14,17,18);1H. The molecule has 0 aliphatic heterocycles. The molecule has 114 valence electrons. The van der Waals surface area contributed by atoms with Crippen molar-refractivity contribution in [3.8, 4) is 0 Å². The molecule has 8 heteroatoms. The maximum absolute atomic E-state index is 11.6. The minimum Gasteiger partial charge on any atom is -0.350 e. The third-order valence-electron chi connectivity index (χ3n) is 2.59. The molecule has 1 aromatic carbocycles. The van der Waals surface area contributed by atoms with E-state index in [1.807, 2.05) is 6.92 Å². The molecule has 1 aromatic rings. The van der Waals surface area contributed by atoms with Crippen LogP contribution in [0.1, 0.15) is 31.9 Å². The zero-order chi connectivity index (χ0) is 14.6. The van der Waals surface area contributed by atoms with Crippen LogP contribution in [0.15, 0.2) is 29.2 Å². The predicted molar refractivity (Wildman–Crippen MR) is 79.9 cm³/mol. The van der Waals surface area contributed by atoms with Gasteiger partial charge in [0.05, 0.1) is 10.9 Å². The molecule has 20 heavy (non-hydrogen) atoms. The van der Waals surface area contributed by atoms with Crippen LogP contribution in [0.3, 0.4) is 0 Å². The van der Waals surface area contributed by atoms with Crippen LogP contribution in [0.4, 0.5) is 0 Å². The smallest absolute Gasteiger partial charge is 0.238 e. The van der Waals surface area contributed by atoms with Crippen molar-refractivity contribution in [1.29, 1.82) is 0 Å². The Hall–Kier alpha value is -1.15. The molecule has 0 radical (unpaired) electrons. The monoisotopic (exact) mass is 321 g/mol. The van der Waals surface area contributed by atoms with E-state index >= 15 is 0 Å². The first-order valence-corrected chi connectivity index (χ1v) is 7.42. The Kier molecular flexibility index (Phi) is 7.15. The van der Waals surface area contributed by atoms with Crippen LogP contribution in [0.5, 0.6) is 0 Å². The predicted octanol–water partition coefficient (Wildman–Crippen LogP) is 0.670. The highest BCUT2D eigenvalue weighted by Gasteiger charge is 2.12. The highest BCUT2D eigenvalue weighted by molar-refractivity contribution is 7.89. The summed E-state index contributed by atoms with van der Waals surface area (Å²) in [5, 5.41) is 7.79. The number of primary sulfonamides is 1. The summed E-state index contributed by atoms with van der Waals surface area (Å²) in [4.78, 5) is 11.6. The number of amides is 1. The minimum absolute atomic E-state index is 0. The number of nitrogens with one attached hydrogen (secondary N) is 1. The van der Waals surface area contributed by atoms with Gasteiger partial charge in [0.15, 0.2) is 0 Å². The van der Waals surface area contributed by atoms with Crippen molar-refractivity contribution < 1.29 is 13.2 Å². The lowest BCUT2D eigenvalue weighted by molar-refractivity contribution is -0.122. The normalized spacial score (nSPS) is 14.0. The number of rotatable bonds is 5. The second kappa shape index (κ2) is 7.58. The summed E-state index contributed by atoms with van der Waals surface area (Å²) in [6.07, 6.45) is 0.250. The van der Waals surface area contributed by atoms with E-state index < -0.39 is 10.0 Å². The van der Waals surface area contributed by atoms with Crippen molar-refractivity contribution in [2.24, 2.45) is 10.9 Å². The van der Waals surface area contributed by atoms with E-state index in [4.69, 9.17) is 10.9 Å². The summed E-state index contributed by atoms with van der Waals surface area (Å²) in [5.41, 5.74) is 6.33. The van der Waals surface area contributed by atoms with Crippen molar-refractivity contribution in [3.05, 3.63) is 29.8 Å². The fraction of sp³-hybridized carbons (Fsp3) is 0.417. The maximum Gasteiger partial charge on any atom is 0.238 e. The van der Waals surface area contributed by atoms with Crippen molar-refractivity contribution in [2.75, 3.05) is 0 Å². The highest BCUT2D eigenvalue weighted by Crippen LogP contribution is 2.15. The van der Waals surface area contributed by atoms with Crippen LogP contribution >= 0.6 is 12.4 Å². The molecule has 0 aliphatic rings. The number of hydrogen-bond donors (Lipinski definition) is 3. The summed E-state index contributed by atoms with van der Waals surface area (Å²) in [7, 11) is -3.69. The molecule has 0 heterocycles. The van der Waals surface area contributed by atoms with E-state index in [1.54, 1.807) is 19.1 Å². The second-order valence-electron chi connectivity index (χ2n) is 4.58. The molecule has 0 saturated heterocycles. The average molecular weight is 322 g/mol. The van der Waals surface area contributed by atoms with Gasteiger partial charge in [0, 0.05) is 12.5 Å². The molecule has 0 bridgehead atoms. The van der Waals surface area contributed by atoms with E-state index in [0.29, 0.717) is 0 Å². The fourth-order valence-electron chi connectivity index (χ4n) is 1.62. The van der Waals surface area contributed by atoms with Gasteiger partial charge in [-0.1, -0.05) is 12.1 Å². The molecule has 0 spiro atoms. The third kappa shape index (κ3) is 5.87. The lowest BCUT2D eigenvalue weighted by Crippen LogP contribution is -2.31. The molecule has 0 fully saturated rings.